The Hall–Kier alpha value is -0.860. The molecule has 0 radical (unpaired) electrons. The number of nitrogens with one attached hydrogen (secondary N) is 1. The zero-order chi connectivity index (χ0) is 13.0. The fourth-order valence-corrected chi connectivity index (χ4v) is 2.98. The molecule has 1 saturated carbocycles. The maximum absolute atomic E-state index is 5.90. The summed E-state index contributed by atoms with van der Waals surface area (Å²) < 4.78 is 0. The molecule has 0 aliphatic heterocycles. The van der Waals surface area contributed by atoms with E-state index in [1.165, 1.54) is 24.8 Å². The molecule has 0 spiro atoms. The third kappa shape index (κ3) is 3.56. The van der Waals surface area contributed by atoms with Crippen LogP contribution in [-0.2, 0) is 0 Å². The predicted molar refractivity (Wildman–Crippen MR) is 77.7 cm³/mol. The molecule has 0 aromatic heterocycles. The molecule has 2 unspecified atom stereocenters. The molecule has 1 aliphatic rings. The van der Waals surface area contributed by atoms with Crippen molar-refractivity contribution in [1.82, 2.24) is 5.32 Å². The molecule has 0 amide bonds. The van der Waals surface area contributed by atoms with Crippen LogP contribution in [0.4, 0.5) is 0 Å². The lowest BCUT2D eigenvalue weighted by molar-refractivity contribution is 0.362. The van der Waals surface area contributed by atoms with Crippen LogP contribution in [0.2, 0.25) is 0 Å². The van der Waals surface area contributed by atoms with E-state index in [1.807, 2.05) is 0 Å². The summed E-state index contributed by atoms with van der Waals surface area (Å²) in [5.74, 6) is 0.440. The van der Waals surface area contributed by atoms with E-state index < -0.39 is 0 Å². The van der Waals surface area contributed by atoms with E-state index in [2.05, 4.69) is 49.5 Å². The van der Waals surface area contributed by atoms with Crippen LogP contribution in [0.15, 0.2) is 30.3 Å². The number of benzene rings is 1. The average Bonchev–Trinajstić information content (AvgIpc) is 2.71. The Bertz CT molecular complexity index is 359. The summed E-state index contributed by atoms with van der Waals surface area (Å²) in [4.78, 5) is 0. The van der Waals surface area contributed by atoms with Gasteiger partial charge in [-0.15, -0.1) is 0 Å². The van der Waals surface area contributed by atoms with E-state index in [1.54, 1.807) is 0 Å². The van der Waals surface area contributed by atoms with Gasteiger partial charge < -0.3 is 11.1 Å². The standard InChI is InChI=1S/C16H26N2/c1-16(2)9-8-15(10-16)18-12-14(11-17)13-6-4-3-5-7-13/h3-7,14-15,18H,8-12,17H2,1-2H3. The lowest BCUT2D eigenvalue weighted by Crippen LogP contribution is -2.33. The van der Waals surface area contributed by atoms with Crippen molar-refractivity contribution >= 4 is 0 Å². The van der Waals surface area contributed by atoms with E-state index in [-0.39, 0.29) is 0 Å². The Morgan fingerprint density at radius 2 is 2.06 bits per heavy atom. The van der Waals surface area contributed by atoms with Crippen molar-refractivity contribution in [2.24, 2.45) is 11.1 Å². The minimum Gasteiger partial charge on any atom is -0.330 e. The fraction of sp³-hybridized carbons (Fsp3) is 0.625. The van der Waals surface area contributed by atoms with Gasteiger partial charge in [0.2, 0.25) is 0 Å². The molecule has 0 saturated heterocycles. The maximum Gasteiger partial charge on any atom is 0.00864 e. The number of hydrogen-bond acceptors (Lipinski definition) is 2. The Morgan fingerprint density at radius 1 is 1.33 bits per heavy atom. The normalized spacial score (nSPS) is 24.1. The second kappa shape index (κ2) is 5.85. The molecule has 100 valence electrons. The second-order valence-electron chi connectivity index (χ2n) is 6.36. The molecule has 1 aromatic rings. The predicted octanol–water partition coefficient (Wildman–Crippen LogP) is 2.90. The molecule has 18 heavy (non-hydrogen) atoms. The molecule has 2 nitrogen and oxygen atoms in total. The lowest BCUT2D eigenvalue weighted by atomic mass is 9.91. The molecule has 2 atom stereocenters. The van der Waals surface area contributed by atoms with Gasteiger partial charge in [0.15, 0.2) is 0 Å². The van der Waals surface area contributed by atoms with Crippen molar-refractivity contribution in [2.45, 2.75) is 45.1 Å². The molecule has 2 rings (SSSR count). The second-order valence-corrected chi connectivity index (χ2v) is 6.36. The largest absolute Gasteiger partial charge is 0.330 e. The van der Waals surface area contributed by atoms with Gasteiger partial charge in [-0.2, -0.15) is 0 Å². The van der Waals surface area contributed by atoms with Gasteiger partial charge in [-0.3, -0.25) is 0 Å². The Balaban J connectivity index is 1.85. The van der Waals surface area contributed by atoms with Crippen molar-refractivity contribution in [1.29, 1.82) is 0 Å². The Kier molecular flexibility index (Phi) is 4.41. The molecule has 0 heterocycles. The van der Waals surface area contributed by atoms with Gasteiger partial charge in [-0.25, -0.2) is 0 Å². The van der Waals surface area contributed by atoms with Crippen LogP contribution in [0, 0.1) is 5.41 Å². The molecular weight excluding hydrogens is 220 g/mol. The lowest BCUT2D eigenvalue weighted by Gasteiger charge is -2.21. The fourth-order valence-electron chi connectivity index (χ4n) is 2.98. The van der Waals surface area contributed by atoms with Crippen molar-refractivity contribution in [3.05, 3.63) is 35.9 Å². The van der Waals surface area contributed by atoms with Crippen molar-refractivity contribution in [3.63, 3.8) is 0 Å². The van der Waals surface area contributed by atoms with Gasteiger partial charge in [0.05, 0.1) is 0 Å². The highest BCUT2D eigenvalue weighted by Gasteiger charge is 2.30. The summed E-state index contributed by atoms with van der Waals surface area (Å²) in [6.45, 7) is 6.45. The maximum atomic E-state index is 5.90. The van der Waals surface area contributed by atoms with Gasteiger partial charge in [0, 0.05) is 25.0 Å². The van der Waals surface area contributed by atoms with Crippen LogP contribution in [0.3, 0.4) is 0 Å². The average molecular weight is 246 g/mol. The van der Waals surface area contributed by atoms with Crippen LogP contribution in [-0.4, -0.2) is 19.1 Å². The van der Waals surface area contributed by atoms with Crippen LogP contribution in [0.1, 0.15) is 44.6 Å². The van der Waals surface area contributed by atoms with Crippen LogP contribution in [0.25, 0.3) is 0 Å². The van der Waals surface area contributed by atoms with Gasteiger partial charge in [0.1, 0.15) is 0 Å². The highest BCUT2D eigenvalue weighted by atomic mass is 14.9. The first-order chi connectivity index (χ1) is 8.61. The summed E-state index contributed by atoms with van der Waals surface area (Å²) in [6, 6.07) is 11.3. The van der Waals surface area contributed by atoms with E-state index >= 15 is 0 Å². The summed E-state index contributed by atoms with van der Waals surface area (Å²) >= 11 is 0. The molecule has 3 N–H and O–H groups in total. The van der Waals surface area contributed by atoms with Crippen LogP contribution in [0.5, 0.6) is 0 Å². The number of rotatable bonds is 5. The van der Waals surface area contributed by atoms with Crippen molar-refractivity contribution in [2.75, 3.05) is 13.1 Å². The molecule has 1 fully saturated rings. The number of hydrogen-bond donors (Lipinski definition) is 2. The summed E-state index contributed by atoms with van der Waals surface area (Å²) in [6.07, 6.45) is 3.93. The molecule has 0 bridgehead atoms. The highest BCUT2D eigenvalue weighted by molar-refractivity contribution is 5.20. The highest BCUT2D eigenvalue weighted by Crippen LogP contribution is 2.37. The third-order valence-electron chi connectivity index (χ3n) is 4.18. The first-order valence-electron chi connectivity index (χ1n) is 7.09. The van der Waals surface area contributed by atoms with Gasteiger partial charge in [0.25, 0.3) is 0 Å². The number of nitrogens with two attached hydrogens (primary N) is 1. The Morgan fingerprint density at radius 3 is 2.61 bits per heavy atom. The molecule has 1 aromatic carbocycles. The van der Waals surface area contributed by atoms with E-state index in [0.717, 1.165) is 6.54 Å². The zero-order valence-corrected chi connectivity index (χ0v) is 11.7. The molecular formula is C16H26N2. The van der Waals surface area contributed by atoms with E-state index in [0.29, 0.717) is 23.9 Å². The summed E-state index contributed by atoms with van der Waals surface area (Å²) in [5.41, 5.74) is 7.77. The molecule has 2 heteroatoms. The van der Waals surface area contributed by atoms with Crippen LogP contribution < -0.4 is 11.1 Å². The Labute approximate surface area is 111 Å². The first kappa shape index (κ1) is 13.6. The van der Waals surface area contributed by atoms with Crippen LogP contribution >= 0.6 is 0 Å². The van der Waals surface area contributed by atoms with Crippen molar-refractivity contribution in [3.8, 4) is 0 Å². The smallest absolute Gasteiger partial charge is 0.00864 e. The first-order valence-corrected chi connectivity index (χ1v) is 7.09. The third-order valence-corrected chi connectivity index (χ3v) is 4.18. The zero-order valence-electron chi connectivity index (χ0n) is 11.7. The monoisotopic (exact) mass is 246 g/mol. The topological polar surface area (TPSA) is 38.0 Å². The van der Waals surface area contributed by atoms with Gasteiger partial charge in [-0.05, 0) is 30.2 Å². The minimum atomic E-state index is 0.440. The van der Waals surface area contributed by atoms with Gasteiger partial charge >= 0.3 is 0 Å². The SMILES string of the molecule is CC1(C)CCC(NCC(CN)c2ccccc2)C1. The quantitative estimate of drug-likeness (QED) is 0.838. The van der Waals surface area contributed by atoms with Crippen molar-refractivity contribution < 1.29 is 0 Å². The van der Waals surface area contributed by atoms with E-state index in [9.17, 15) is 0 Å². The van der Waals surface area contributed by atoms with E-state index in [4.69, 9.17) is 5.73 Å². The summed E-state index contributed by atoms with van der Waals surface area (Å²) in [5, 5.41) is 3.71. The minimum absolute atomic E-state index is 0.440. The molecule has 1 aliphatic carbocycles. The van der Waals surface area contributed by atoms with Gasteiger partial charge in [-0.1, -0.05) is 44.2 Å². The summed E-state index contributed by atoms with van der Waals surface area (Å²) in [7, 11) is 0.